The predicted octanol–water partition coefficient (Wildman–Crippen LogP) is 5.57. The van der Waals surface area contributed by atoms with Crippen molar-refractivity contribution in [3.63, 3.8) is 0 Å². The standard InChI is InChI=1S/C29H31FN2O3S/c30-25-3-1-2-23(17-25)28-24(10-15-36-28)18-31-29(33)35-27-19-32(12-7-21(27)8-13-32)11-6-20-4-5-26-22(16-20)9-14-34-26/h1-5,10,15-17,21,27H,6-9,11-14,18-19H2/p+1. The van der Waals surface area contributed by atoms with Crippen molar-refractivity contribution in [1.29, 1.82) is 0 Å². The number of hydrogen-bond donors (Lipinski definition) is 1. The number of carbonyl (C=O) groups is 1. The zero-order valence-electron chi connectivity index (χ0n) is 20.4. The van der Waals surface area contributed by atoms with Gasteiger partial charge in [0.1, 0.15) is 18.1 Å². The molecule has 7 rings (SSSR count). The largest absolute Gasteiger partial charge is 0.493 e. The van der Waals surface area contributed by atoms with E-state index in [1.54, 1.807) is 17.4 Å². The van der Waals surface area contributed by atoms with Crippen molar-refractivity contribution in [3.05, 3.63) is 76.4 Å². The van der Waals surface area contributed by atoms with Crippen LogP contribution in [0.4, 0.5) is 9.18 Å². The summed E-state index contributed by atoms with van der Waals surface area (Å²) in [5.41, 5.74) is 4.50. The van der Waals surface area contributed by atoms with Gasteiger partial charge in [0.25, 0.3) is 0 Å². The van der Waals surface area contributed by atoms with E-state index in [1.807, 2.05) is 17.5 Å². The number of alkyl carbamates (subject to hydrolysis) is 1. The van der Waals surface area contributed by atoms with Gasteiger partial charge in [-0.1, -0.05) is 24.3 Å². The average Bonchev–Trinajstić information content (AvgIpc) is 3.56. The van der Waals surface area contributed by atoms with Gasteiger partial charge in [-0.05, 0) is 51.9 Å². The fourth-order valence-electron chi connectivity index (χ4n) is 6.14. The van der Waals surface area contributed by atoms with Crippen LogP contribution in [0.5, 0.6) is 5.75 Å². The summed E-state index contributed by atoms with van der Waals surface area (Å²) >= 11 is 1.55. The third-order valence-corrected chi connectivity index (χ3v) is 9.19. The first-order valence-electron chi connectivity index (χ1n) is 12.9. The Balaban J connectivity index is 1.04. The Kier molecular flexibility index (Phi) is 6.44. The minimum Gasteiger partial charge on any atom is -0.493 e. The second kappa shape index (κ2) is 9.87. The molecular formula is C29H32FN2O3S+. The SMILES string of the molecule is O=C(NCc1ccsc1-c1cccc(F)c1)OC1C[N+]2(CCc3ccc4c(c3)CCO4)CCC1CC2. The number of halogens is 1. The predicted molar refractivity (Wildman–Crippen MR) is 139 cm³/mol. The maximum Gasteiger partial charge on any atom is 0.407 e. The first-order chi connectivity index (χ1) is 17.6. The molecule has 7 heteroatoms. The maximum atomic E-state index is 13.7. The monoisotopic (exact) mass is 507 g/mol. The van der Waals surface area contributed by atoms with E-state index >= 15 is 0 Å². The molecule has 1 amide bonds. The van der Waals surface area contributed by atoms with Crippen LogP contribution in [0.25, 0.3) is 10.4 Å². The normalized spacial score (nSPS) is 24.2. The van der Waals surface area contributed by atoms with Gasteiger partial charge in [0.2, 0.25) is 0 Å². The second-order valence-electron chi connectivity index (χ2n) is 10.4. The Labute approximate surface area is 215 Å². The smallest absolute Gasteiger partial charge is 0.407 e. The summed E-state index contributed by atoms with van der Waals surface area (Å²) in [4.78, 5) is 13.7. The summed E-state index contributed by atoms with van der Waals surface area (Å²) in [6, 6.07) is 15.2. The highest BCUT2D eigenvalue weighted by molar-refractivity contribution is 7.13. The van der Waals surface area contributed by atoms with E-state index in [0.29, 0.717) is 12.5 Å². The highest BCUT2D eigenvalue weighted by atomic mass is 32.1. The number of nitrogens with zero attached hydrogens (tertiary/aromatic N) is 1. The lowest BCUT2D eigenvalue weighted by Crippen LogP contribution is -2.65. The molecule has 3 fully saturated rings. The summed E-state index contributed by atoms with van der Waals surface area (Å²) in [6.45, 7) is 5.49. The van der Waals surface area contributed by atoms with Crippen molar-refractivity contribution in [2.75, 3.05) is 32.8 Å². The molecule has 4 aliphatic rings. The molecule has 0 saturated carbocycles. The number of nitrogens with one attached hydrogen (secondary N) is 1. The Morgan fingerprint density at radius 3 is 2.92 bits per heavy atom. The first-order valence-corrected chi connectivity index (χ1v) is 13.8. The molecule has 4 aliphatic heterocycles. The zero-order valence-corrected chi connectivity index (χ0v) is 21.2. The molecule has 2 aromatic carbocycles. The van der Waals surface area contributed by atoms with Gasteiger partial charge in [0.15, 0.2) is 6.10 Å². The number of thiophene rings is 1. The van der Waals surface area contributed by atoms with Crippen molar-refractivity contribution < 1.29 is 23.1 Å². The minimum atomic E-state index is -0.359. The molecule has 188 valence electrons. The quantitative estimate of drug-likeness (QED) is 0.426. The molecule has 5 nitrogen and oxygen atoms in total. The molecule has 0 spiro atoms. The lowest BCUT2D eigenvalue weighted by atomic mass is 9.83. The number of piperidine rings is 3. The minimum absolute atomic E-state index is 0.0360. The molecule has 3 aromatic rings. The van der Waals surface area contributed by atoms with Crippen molar-refractivity contribution in [2.45, 2.75) is 38.3 Å². The van der Waals surface area contributed by atoms with Crippen LogP contribution in [0.1, 0.15) is 29.5 Å². The second-order valence-corrected chi connectivity index (χ2v) is 11.3. The first kappa shape index (κ1) is 23.5. The molecule has 5 heterocycles. The van der Waals surface area contributed by atoms with Gasteiger partial charge in [-0.2, -0.15) is 0 Å². The summed E-state index contributed by atoms with van der Waals surface area (Å²) in [5.74, 6) is 1.23. The third kappa shape index (κ3) is 4.87. The van der Waals surface area contributed by atoms with Gasteiger partial charge in [0.05, 0.1) is 26.2 Å². The fourth-order valence-corrected chi connectivity index (χ4v) is 7.06. The van der Waals surface area contributed by atoms with Gasteiger partial charge < -0.3 is 19.3 Å². The molecule has 0 radical (unpaired) electrons. The number of benzene rings is 2. The Morgan fingerprint density at radius 2 is 2.06 bits per heavy atom. The lowest BCUT2D eigenvalue weighted by Gasteiger charge is -2.52. The van der Waals surface area contributed by atoms with E-state index in [0.717, 1.165) is 71.6 Å². The van der Waals surface area contributed by atoms with Gasteiger partial charge in [-0.15, -0.1) is 11.3 Å². The lowest BCUT2D eigenvalue weighted by molar-refractivity contribution is -0.945. The average molecular weight is 508 g/mol. The van der Waals surface area contributed by atoms with Gasteiger partial charge in [0, 0.05) is 43.0 Å². The van der Waals surface area contributed by atoms with Crippen LogP contribution in [0.2, 0.25) is 0 Å². The van der Waals surface area contributed by atoms with Crippen LogP contribution in [0, 0.1) is 11.7 Å². The van der Waals surface area contributed by atoms with Crippen molar-refractivity contribution >= 4 is 17.4 Å². The molecule has 3 saturated heterocycles. The summed E-state index contributed by atoms with van der Waals surface area (Å²) in [7, 11) is 0. The van der Waals surface area contributed by atoms with E-state index in [2.05, 4.69) is 23.5 Å². The Bertz CT molecular complexity index is 1250. The molecular weight excluding hydrogens is 475 g/mol. The summed E-state index contributed by atoms with van der Waals surface area (Å²) < 4.78 is 26.4. The fraction of sp³-hybridized carbons (Fsp3) is 0.414. The Hall–Kier alpha value is -2.90. The molecule has 0 aliphatic carbocycles. The highest BCUT2D eigenvalue weighted by Gasteiger charge is 2.47. The Morgan fingerprint density at radius 1 is 1.17 bits per heavy atom. The number of amides is 1. The van der Waals surface area contributed by atoms with Gasteiger partial charge in [-0.3, -0.25) is 0 Å². The van der Waals surface area contributed by atoms with Gasteiger partial charge >= 0.3 is 6.09 Å². The van der Waals surface area contributed by atoms with Crippen molar-refractivity contribution in [1.82, 2.24) is 5.32 Å². The van der Waals surface area contributed by atoms with Crippen LogP contribution in [0.3, 0.4) is 0 Å². The summed E-state index contributed by atoms with van der Waals surface area (Å²) in [5, 5.41) is 4.91. The molecule has 36 heavy (non-hydrogen) atoms. The maximum absolute atomic E-state index is 13.7. The van der Waals surface area contributed by atoms with Crippen molar-refractivity contribution in [2.24, 2.45) is 5.92 Å². The van der Waals surface area contributed by atoms with Crippen LogP contribution in [-0.4, -0.2) is 49.5 Å². The molecule has 1 atom stereocenters. The molecule has 1 unspecified atom stereocenters. The number of quaternary nitrogens is 1. The van der Waals surface area contributed by atoms with Gasteiger partial charge in [-0.25, -0.2) is 9.18 Å². The number of fused-ring (bicyclic) bond motifs is 4. The van der Waals surface area contributed by atoms with E-state index in [4.69, 9.17) is 9.47 Å². The van der Waals surface area contributed by atoms with E-state index in [9.17, 15) is 9.18 Å². The summed E-state index contributed by atoms with van der Waals surface area (Å²) in [6.07, 6.45) is 3.88. The molecule has 1 N–H and O–H groups in total. The van der Waals surface area contributed by atoms with Crippen molar-refractivity contribution in [3.8, 4) is 16.2 Å². The van der Waals surface area contributed by atoms with Crippen LogP contribution in [0.15, 0.2) is 53.9 Å². The van der Waals surface area contributed by atoms with E-state index in [-0.39, 0.29) is 18.0 Å². The number of rotatable bonds is 7. The van der Waals surface area contributed by atoms with E-state index in [1.165, 1.54) is 36.3 Å². The van der Waals surface area contributed by atoms with Crippen LogP contribution >= 0.6 is 11.3 Å². The number of carbonyl (C=O) groups excluding carboxylic acids is 1. The molecule has 2 bridgehead atoms. The zero-order chi connectivity index (χ0) is 24.5. The number of ether oxygens (including phenoxy) is 2. The number of hydrogen-bond acceptors (Lipinski definition) is 4. The third-order valence-electron chi connectivity index (χ3n) is 8.19. The molecule has 1 aromatic heterocycles. The van der Waals surface area contributed by atoms with Crippen LogP contribution in [-0.2, 0) is 24.1 Å². The highest BCUT2D eigenvalue weighted by Crippen LogP contribution is 2.36. The van der Waals surface area contributed by atoms with E-state index < -0.39 is 0 Å². The van der Waals surface area contributed by atoms with Crippen LogP contribution < -0.4 is 10.1 Å². The topological polar surface area (TPSA) is 47.6 Å².